The summed E-state index contributed by atoms with van der Waals surface area (Å²) in [7, 11) is 0. The summed E-state index contributed by atoms with van der Waals surface area (Å²) in [6, 6.07) is 2.06. The van der Waals surface area contributed by atoms with Crippen molar-refractivity contribution in [2.75, 3.05) is 0 Å². The average molecular weight is 256 g/mol. The third-order valence-corrected chi connectivity index (χ3v) is 2.97. The first-order chi connectivity index (χ1) is 7.90. The van der Waals surface area contributed by atoms with Gasteiger partial charge in [0.1, 0.15) is 6.04 Å². The molecule has 2 amide bonds. The van der Waals surface area contributed by atoms with E-state index in [0.717, 1.165) is 4.88 Å². The molecule has 0 saturated heterocycles. The highest BCUT2D eigenvalue weighted by Gasteiger charge is 2.23. The van der Waals surface area contributed by atoms with Crippen molar-refractivity contribution in [3.05, 3.63) is 21.9 Å². The number of hydrogen-bond acceptors (Lipinski definition) is 4. The van der Waals surface area contributed by atoms with E-state index in [4.69, 9.17) is 10.8 Å². The van der Waals surface area contributed by atoms with Gasteiger partial charge in [-0.05, 0) is 19.1 Å². The molecule has 0 aliphatic carbocycles. The Morgan fingerprint density at radius 2 is 2.12 bits per heavy atom. The minimum atomic E-state index is -1.29. The maximum Gasteiger partial charge on any atom is 0.326 e. The van der Waals surface area contributed by atoms with E-state index in [1.807, 2.05) is 6.92 Å². The minimum Gasteiger partial charge on any atom is -0.480 e. The number of aliphatic carboxylic acids is 1. The van der Waals surface area contributed by atoms with Gasteiger partial charge in [-0.2, -0.15) is 0 Å². The van der Waals surface area contributed by atoms with Crippen LogP contribution in [0.1, 0.15) is 21.0 Å². The molecule has 1 aromatic heterocycles. The lowest BCUT2D eigenvalue weighted by Crippen LogP contribution is -2.43. The first-order valence-corrected chi connectivity index (χ1v) is 5.60. The van der Waals surface area contributed by atoms with E-state index in [0.29, 0.717) is 4.88 Å². The summed E-state index contributed by atoms with van der Waals surface area (Å²) in [4.78, 5) is 34.4. The zero-order valence-corrected chi connectivity index (χ0v) is 9.91. The highest BCUT2D eigenvalue weighted by molar-refractivity contribution is 7.13. The van der Waals surface area contributed by atoms with Crippen molar-refractivity contribution in [2.24, 2.45) is 5.73 Å². The van der Waals surface area contributed by atoms with Crippen LogP contribution in [0.3, 0.4) is 0 Å². The van der Waals surface area contributed by atoms with Gasteiger partial charge in [-0.25, -0.2) is 4.79 Å². The highest BCUT2D eigenvalue weighted by Crippen LogP contribution is 2.14. The maximum absolute atomic E-state index is 11.6. The second-order valence-electron chi connectivity index (χ2n) is 3.45. The van der Waals surface area contributed by atoms with Gasteiger partial charge in [-0.15, -0.1) is 11.3 Å². The molecule has 92 valence electrons. The Hall–Kier alpha value is -1.89. The largest absolute Gasteiger partial charge is 0.480 e. The third kappa shape index (κ3) is 3.87. The van der Waals surface area contributed by atoms with E-state index < -0.39 is 30.2 Å². The SMILES string of the molecule is Cc1ccc(C(=O)NC(CC(N)=O)C(=O)O)s1. The molecule has 0 aliphatic rings. The number of carboxylic acids is 1. The van der Waals surface area contributed by atoms with Gasteiger partial charge >= 0.3 is 5.97 Å². The molecule has 0 bridgehead atoms. The van der Waals surface area contributed by atoms with E-state index in [-0.39, 0.29) is 0 Å². The summed E-state index contributed by atoms with van der Waals surface area (Å²) in [5.41, 5.74) is 4.90. The molecule has 1 unspecified atom stereocenters. The van der Waals surface area contributed by atoms with E-state index >= 15 is 0 Å². The number of rotatable bonds is 5. The molecule has 0 saturated carbocycles. The molecular formula is C10H12N2O4S. The van der Waals surface area contributed by atoms with E-state index in [1.165, 1.54) is 11.3 Å². The van der Waals surface area contributed by atoms with Crippen molar-refractivity contribution in [2.45, 2.75) is 19.4 Å². The summed E-state index contributed by atoms with van der Waals surface area (Å²) in [6.45, 7) is 1.83. The molecule has 0 radical (unpaired) electrons. The minimum absolute atomic E-state index is 0.401. The van der Waals surface area contributed by atoms with Gasteiger partial charge < -0.3 is 16.2 Å². The van der Waals surface area contributed by atoms with E-state index in [9.17, 15) is 14.4 Å². The molecule has 1 rings (SSSR count). The molecule has 7 heteroatoms. The maximum atomic E-state index is 11.6. The Balaban J connectivity index is 2.70. The van der Waals surface area contributed by atoms with E-state index in [1.54, 1.807) is 12.1 Å². The Morgan fingerprint density at radius 3 is 2.53 bits per heavy atom. The number of nitrogens with one attached hydrogen (secondary N) is 1. The van der Waals surface area contributed by atoms with Crippen molar-refractivity contribution < 1.29 is 19.5 Å². The zero-order chi connectivity index (χ0) is 13.0. The fraction of sp³-hybridized carbons (Fsp3) is 0.300. The van der Waals surface area contributed by atoms with Crippen LogP contribution in [0, 0.1) is 6.92 Å². The number of carbonyl (C=O) groups excluding carboxylic acids is 2. The van der Waals surface area contributed by atoms with Crippen molar-refractivity contribution in [3.63, 3.8) is 0 Å². The van der Waals surface area contributed by atoms with Crippen LogP contribution in [-0.2, 0) is 9.59 Å². The number of primary amides is 1. The summed E-state index contributed by atoms with van der Waals surface area (Å²) >= 11 is 1.25. The monoisotopic (exact) mass is 256 g/mol. The van der Waals surface area contributed by atoms with Gasteiger partial charge in [0.15, 0.2) is 0 Å². The van der Waals surface area contributed by atoms with Crippen LogP contribution in [0.5, 0.6) is 0 Å². The zero-order valence-electron chi connectivity index (χ0n) is 9.10. The molecule has 1 heterocycles. The van der Waals surface area contributed by atoms with Crippen LogP contribution in [0.25, 0.3) is 0 Å². The molecular weight excluding hydrogens is 244 g/mol. The van der Waals surface area contributed by atoms with Gasteiger partial charge in [-0.1, -0.05) is 0 Å². The molecule has 0 fully saturated rings. The first kappa shape index (κ1) is 13.2. The van der Waals surface area contributed by atoms with Crippen LogP contribution in [0.2, 0.25) is 0 Å². The molecule has 1 aromatic rings. The summed E-state index contributed by atoms with van der Waals surface area (Å²) in [5, 5.41) is 11.1. The molecule has 0 spiro atoms. The summed E-state index contributed by atoms with van der Waals surface area (Å²) < 4.78 is 0. The fourth-order valence-electron chi connectivity index (χ4n) is 1.19. The lowest BCUT2D eigenvalue weighted by Gasteiger charge is -2.11. The third-order valence-electron chi connectivity index (χ3n) is 1.97. The van der Waals surface area contributed by atoms with E-state index in [2.05, 4.69) is 5.32 Å². The smallest absolute Gasteiger partial charge is 0.326 e. The first-order valence-electron chi connectivity index (χ1n) is 4.78. The summed E-state index contributed by atoms with van der Waals surface area (Å²) in [5.74, 6) is -2.58. The van der Waals surface area contributed by atoms with Gasteiger partial charge in [0.2, 0.25) is 5.91 Å². The fourth-order valence-corrected chi connectivity index (χ4v) is 1.96. The van der Waals surface area contributed by atoms with Crippen molar-refractivity contribution in [1.29, 1.82) is 0 Å². The Labute approximate surface area is 101 Å². The number of aryl methyl sites for hydroxylation is 1. The predicted octanol–water partition coefficient (Wildman–Crippen LogP) is 0.115. The van der Waals surface area contributed by atoms with Crippen molar-refractivity contribution >= 4 is 29.1 Å². The lowest BCUT2D eigenvalue weighted by atomic mass is 10.2. The van der Waals surface area contributed by atoms with Crippen molar-refractivity contribution in [1.82, 2.24) is 5.32 Å². The standard InChI is InChI=1S/C10H12N2O4S/c1-5-2-3-7(17-5)9(14)12-6(10(15)16)4-8(11)13/h2-3,6H,4H2,1H3,(H2,11,13)(H,12,14)(H,15,16). The molecule has 17 heavy (non-hydrogen) atoms. The number of amides is 2. The molecule has 0 aliphatic heterocycles. The van der Waals surface area contributed by atoms with Gasteiger partial charge in [-0.3, -0.25) is 9.59 Å². The Morgan fingerprint density at radius 1 is 1.47 bits per heavy atom. The number of nitrogens with two attached hydrogens (primary N) is 1. The van der Waals surface area contributed by atoms with Crippen LogP contribution in [0.15, 0.2) is 12.1 Å². The van der Waals surface area contributed by atoms with Gasteiger partial charge in [0, 0.05) is 4.88 Å². The quantitative estimate of drug-likeness (QED) is 0.694. The van der Waals surface area contributed by atoms with Crippen LogP contribution >= 0.6 is 11.3 Å². The highest BCUT2D eigenvalue weighted by atomic mass is 32.1. The Bertz CT molecular complexity index is 455. The average Bonchev–Trinajstić information content (AvgIpc) is 2.63. The number of thiophene rings is 1. The number of carboxylic acid groups (broad SMARTS) is 1. The summed E-state index contributed by atoms with van der Waals surface area (Å²) in [6.07, 6.45) is -0.425. The lowest BCUT2D eigenvalue weighted by molar-refractivity contribution is -0.140. The van der Waals surface area contributed by atoms with Crippen molar-refractivity contribution in [3.8, 4) is 0 Å². The van der Waals surface area contributed by atoms with Crippen LogP contribution in [-0.4, -0.2) is 28.9 Å². The number of carbonyl (C=O) groups is 3. The molecule has 6 nitrogen and oxygen atoms in total. The second-order valence-corrected chi connectivity index (χ2v) is 4.73. The van der Waals surface area contributed by atoms with Gasteiger partial charge in [0.05, 0.1) is 11.3 Å². The normalized spacial score (nSPS) is 11.8. The molecule has 4 N–H and O–H groups in total. The topological polar surface area (TPSA) is 109 Å². The predicted molar refractivity (Wildman–Crippen MR) is 61.8 cm³/mol. The molecule has 1 atom stereocenters. The number of hydrogen-bond donors (Lipinski definition) is 3. The molecule has 0 aromatic carbocycles. The Kier molecular flexibility index (Phi) is 4.22. The van der Waals surface area contributed by atoms with Gasteiger partial charge in [0.25, 0.3) is 5.91 Å². The van der Waals surface area contributed by atoms with Crippen LogP contribution in [0.4, 0.5) is 0 Å². The second kappa shape index (κ2) is 5.44. The van der Waals surface area contributed by atoms with Crippen LogP contribution < -0.4 is 11.1 Å².